The van der Waals surface area contributed by atoms with Crippen LogP contribution in [0.4, 0.5) is 0 Å². The molecule has 0 radical (unpaired) electrons. The first-order valence-electron chi connectivity index (χ1n) is 10.9. The van der Waals surface area contributed by atoms with Gasteiger partial charge in [-0.15, -0.1) is 0 Å². The summed E-state index contributed by atoms with van der Waals surface area (Å²) >= 11 is 0. The largest absolute Gasteiger partial charge is 0.478 e. The first-order valence-corrected chi connectivity index (χ1v) is 10.9. The quantitative estimate of drug-likeness (QED) is 0.380. The number of aromatic carboxylic acids is 1. The standard InChI is InChI=1S/C29H25NO4/c1-34-20-23-19-30(18-22-12-6-3-7-13-22)28(31)27(25-14-8-9-15-26(25)29(32)33)24(23)17-16-21-10-4-2-5-11-21/h2-17,19H,18,20H2,1H3,(H,32,33)/b17-16+. The minimum atomic E-state index is -1.08. The predicted molar refractivity (Wildman–Crippen MR) is 135 cm³/mol. The Kier molecular flexibility index (Phi) is 7.16. The molecule has 0 amide bonds. The number of ether oxygens (including phenoxy) is 1. The minimum Gasteiger partial charge on any atom is -0.478 e. The third-order valence-electron chi connectivity index (χ3n) is 5.57. The number of nitrogens with zero attached hydrogens (tertiary/aromatic N) is 1. The summed E-state index contributed by atoms with van der Waals surface area (Å²) in [6, 6.07) is 26.0. The van der Waals surface area contributed by atoms with E-state index >= 15 is 0 Å². The van der Waals surface area contributed by atoms with Crippen molar-refractivity contribution in [3.63, 3.8) is 0 Å². The SMILES string of the molecule is COCc1cn(Cc2ccccc2)c(=O)c(-c2ccccc2C(=O)O)c1/C=C/c1ccccc1. The number of methoxy groups -OCH3 is 1. The Morgan fingerprint density at radius 2 is 1.56 bits per heavy atom. The van der Waals surface area contributed by atoms with Gasteiger partial charge in [-0.05, 0) is 22.8 Å². The van der Waals surface area contributed by atoms with Crippen LogP contribution >= 0.6 is 0 Å². The van der Waals surface area contributed by atoms with E-state index in [1.807, 2.05) is 72.8 Å². The molecule has 0 atom stereocenters. The van der Waals surface area contributed by atoms with Crippen LogP contribution in [0.5, 0.6) is 0 Å². The zero-order chi connectivity index (χ0) is 23.9. The normalized spacial score (nSPS) is 11.1. The molecule has 0 aliphatic rings. The van der Waals surface area contributed by atoms with Gasteiger partial charge in [0.05, 0.1) is 24.3 Å². The molecule has 1 N–H and O–H groups in total. The van der Waals surface area contributed by atoms with Gasteiger partial charge >= 0.3 is 5.97 Å². The molecule has 1 aromatic heterocycles. The third-order valence-corrected chi connectivity index (χ3v) is 5.57. The van der Waals surface area contributed by atoms with Gasteiger partial charge in [-0.2, -0.15) is 0 Å². The summed E-state index contributed by atoms with van der Waals surface area (Å²) in [5, 5.41) is 9.84. The summed E-state index contributed by atoms with van der Waals surface area (Å²) < 4.78 is 7.09. The number of aromatic nitrogens is 1. The summed E-state index contributed by atoms with van der Waals surface area (Å²) in [4.78, 5) is 25.9. The zero-order valence-corrected chi connectivity index (χ0v) is 18.8. The number of rotatable bonds is 8. The lowest BCUT2D eigenvalue weighted by Gasteiger charge is -2.17. The summed E-state index contributed by atoms with van der Waals surface area (Å²) in [6.07, 6.45) is 5.59. The second kappa shape index (κ2) is 10.6. The molecule has 0 saturated heterocycles. The Bertz CT molecular complexity index is 1370. The maximum atomic E-state index is 13.8. The lowest BCUT2D eigenvalue weighted by molar-refractivity contribution is 0.0697. The van der Waals surface area contributed by atoms with Crippen molar-refractivity contribution in [1.82, 2.24) is 4.57 Å². The average Bonchev–Trinajstić information content (AvgIpc) is 2.86. The van der Waals surface area contributed by atoms with Crippen molar-refractivity contribution < 1.29 is 14.6 Å². The van der Waals surface area contributed by atoms with E-state index in [9.17, 15) is 14.7 Å². The van der Waals surface area contributed by atoms with Gasteiger partial charge in [-0.3, -0.25) is 4.79 Å². The number of hydrogen-bond donors (Lipinski definition) is 1. The molecule has 170 valence electrons. The molecule has 4 rings (SSSR count). The molecule has 0 saturated carbocycles. The van der Waals surface area contributed by atoms with Crippen molar-refractivity contribution in [2.45, 2.75) is 13.2 Å². The molecule has 0 fully saturated rings. The summed E-state index contributed by atoms with van der Waals surface area (Å²) in [7, 11) is 1.60. The molecule has 34 heavy (non-hydrogen) atoms. The van der Waals surface area contributed by atoms with Gasteiger partial charge in [-0.1, -0.05) is 91.0 Å². The average molecular weight is 452 g/mol. The Labute approximate surface area is 198 Å². The van der Waals surface area contributed by atoms with Crippen LogP contribution in [0.15, 0.2) is 95.9 Å². The Hall–Kier alpha value is -4.22. The van der Waals surface area contributed by atoms with E-state index in [0.717, 1.165) is 16.7 Å². The second-order valence-corrected chi connectivity index (χ2v) is 7.89. The zero-order valence-electron chi connectivity index (χ0n) is 18.8. The van der Waals surface area contributed by atoms with Crippen LogP contribution in [-0.4, -0.2) is 22.8 Å². The van der Waals surface area contributed by atoms with Crippen molar-refractivity contribution in [2.24, 2.45) is 0 Å². The van der Waals surface area contributed by atoms with Gasteiger partial charge in [0.15, 0.2) is 0 Å². The first-order chi connectivity index (χ1) is 16.6. The van der Waals surface area contributed by atoms with E-state index in [1.54, 1.807) is 36.1 Å². The maximum Gasteiger partial charge on any atom is 0.336 e. The third kappa shape index (κ3) is 5.05. The molecule has 1 heterocycles. The predicted octanol–water partition coefficient (Wildman–Crippen LogP) is 5.58. The summed E-state index contributed by atoms with van der Waals surface area (Å²) in [5.74, 6) is -1.08. The van der Waals surface area contributed by atoms with E-state index in [1.165, 1.54) is 6.07 Å². The Balaban J connectivity index is 1.99. The lowest BCUT2D eigenvalue weighted by Crippen LogP contribution is -2.25. The molecule has 5 heteroatoms. The number of carboxylic acid groups (broad SMARTS) is 1. The highest BCUT2D eigenvalue weighted by molar-refractivity contribution is 5.97. The smallest absolute Gasteiger partial charge is 0.336 e. The number of carbonyl (C=O) groups is 1. The van der Waals surface area contributed by atoms with Crippen LogP contribution in [0.3, 0.4) is 0 Å². The lowest BCUT2D eigenvalue weighted by atomic mass is 9.93. The molecule has 0 aliphatic heterocycles. The molecule has 4 aromatic rings. The van der Waals surface area contributed by atoms with E-state index in [4.69, 9.17) is 4.74 Å². The van der Waals surface area contributed by atoms with Gasteiger partial charge < -0.3 is 14.4 Å². The van der Waals surface area contributed by atoms with Crippen molar-refractivity contribution in [2.75, 3.05) is 7.11 Å². The summed E-state index contributed by atoms with van der Waals surface area (Å²) in [5.41, 5.74) is 3.92. The fourth-order valence-electron chi connectivity index (χ4n) is 3.99. The van der Waals surface area contributed by atoms with Crippen molar-refractivity contribution in [3.05, 3.63) is 129 Å². The van der Waals surface area contributed by atoms with Gasteiger partial charge in [0.1, 0.15) is 0 Å². The topological polar surface area (TPSA) is 68.5 Å². The van der Waals surface area contributed by atoms with Gasteiger partial charge in [0, 0.05) is 24.4 Å². The molecule has 0 aliphatic carbocycles. The van der Waals surface area contributed by atoms with Crippen LogP contribution in [-0.2, 0) is 17.9 Å². The van der Waals surface area contributed by atoms with E-state index in [-0.39, 0.29) is 17.7 Å². The summed E-state index contributed by atoms with van der Waals surface area (Å²) in [6.45, 7) is 0.632. The fourth-order valence-corrected chi connectivity index (χ4v) is 3.99. The number of carboxylic acids is 1. The maximum absolute atomic E-state index is 13.8. The van der Waals surface area contributed by atoms with Crippen LogP contribution in [0.2, 0.25) is 0 Å². The van der Waals surface area contributed by atoms with Gasteiger partial charge in [0.25, 0.3) is 5.56 Å². The molecule has 0 unspecified atom stereocenters. The molecule has 3 aromatic carbocycles. The fraction of sp³-hybridized carbons (Fsp3) is 0.103. The number of hydrogen-bond acceptors (Lipinski definition) is 3. The monoisotopic (exact) mass is 451 g/mol. The van der Waals surface area contributed by atoms with Crippen LogP contribution in [0, 0.1) is 0 Å². The van der Waals surface area contributed by atoms with Crippen LogP contribution in [0.25, 0.3) is 23.3 Å². The molecular formula is C29H25NO4. The highest BCUT2D eigenvalue weighted by Crippen LogP contribution is 2.29. The molecular weight excluding hydrogens is 426 g/mol. The van der Waals surface area contributed by atoms with E-state index < -0.39 is 5.97 Å². The van der Waals surface area contributed by atoms with Crippen LogP contribution < -0.4 is 5.56 Å². The number of pyridine rings is 1. The highest BCUT2D eigenvalue weighted by Gasteiger charge is 2.21. The van der Waals surface area contributed by atoms with Crippen LogP contribution in [0.1, 0.15) is 32.6 Å². The van der Waals surface area contributed by atoms with Crippen molar-refractivity contribution in [3.8, 4) is 11.1 Å². The van der Waals surface area contributed by atoms with Gasteiger partial charge in [0.2, 0.25) is 0 Å². The molecule has 5 nitrogen and oxygen atoms in total. The van der Waals surface area contributed by atoms with Crippen molar-refractivity contribution in [1.29, 1.82) is 0 Å². The minimum absolute atomic E-state index is 0.0785. The van der Waals surface area contributed by atoms with Crippen molar-refractivity contribution >= 4 is 18.1 Å². The number of benzene rings is 3. The molecule has 0 spiro atoms. The van der Waals surface area contributed by atoms with E-state index in [2.05, 4.69) is 0 Å². The molecule has 0 bridgehead atoms. The van der Waals surface area contributed by atoms with E-state index in [0.29, 0.717) is 23.2 Å². The highest BCUT2D eigenvalue weighted by atomic mass is 16.5. The first kappa shape index (κ1) is 23.0. The van der Waals surface area contributed by atoms with Gasteiger partial charge in [-0.25, -0.2) is 4.79 Å². The second-order valence-electron chi connectivity index (χ2n) is 7.89. The Morgan fingerprint density at radius 3 is 2.24 bits per heavy atom. The Morgan fingerprint density at radius 1 is 0.912 bits per heavy atom.